The van der Waals surface area contributed by atoms with Gasteiger partial charge in [0.1, 0.15) is 11.3 Å². The maximum absolute atomic E-state index is 12.6. The van der Waals surface area contributed by atoms with E-state index in [1.807, 2.05) is 37.3 Å². The molecular weight excluding hydrogens is 344 g/mol. The third kappa shape index (κ3) is 4.49. The highest BCUT2D eigenvalue weighted by molar-refractivity contribution is 5.79. The molecule has 3 aromatic rings. The van der Waals surface area contributed by atoms with Crippen LogP contribution >= 0.6 is 0 Å². The van der Waals surface area contributed by atoms with E-state index in [1.54, 1.807) is 25.3 Å². The fourth-order valence-corrected chi connectivity index (χ4v) is 2.84. The van der Waals surface area contributed by atoms with Crippen molar-refractivity contribution in [1.82, 2.24) is 20.3 Å². The van der Waals surface area contributed by atoms with Gasteiger partial charge in [0.25, 0.3) is 5.56 Å². The highest BCUT2D eigenvalue weighted by atomic mass is 16.5. The van der Waals surface area contributed by atoms with Crippen LogP contribution in [0, 0.1) is 0 Å². The van der Waals surface area contributed by atoms with Crippen LogP contribution < -0.4 is 15.6 Å². The van der Waals surface area contributed by atoms with Crippen LogP contribution in [-0.2, 0) is 17.8 Å². The Kier molecular flexibility index (Phi) is 5.80. The first-order valence-electron chi connectivity index (χ1n) is 8.85. The fraction of sp³-hybridized carbons (Fsp3) is 0.300. The Bertz CT molecular complexity index is 982. The van der Waals surface area contributed by atoms with Crippen molar-refractivity contribution in [2.45, 2.75) is 32.4 Å². The van der Waals surface area contributed by atoms with Gasteiger partial charge < -0.3 is 10.1 Å². The normalized spacial score (nSPS) is 11.9. The van der Waals surface area contributed by atoms with Crippen LogP contribution in [0.25, 0.3) is 10.9 Å². The van der Waals surface area contributed by atoms with E-state index < -0.39 is 0 Å². The number of nitrogens with one attached hydrogen (secondary N) is 1. The van der Waals surface area contributed by atoms with E-state index in [-0.39, 0.29) is 30.5 Å². The molecule has 0 fully saturated rings. The first-order chi connectivity index (χ1) is 13.1. The number of ether oxygens (including phenoxy) is 1. The van der Waals surface area contributed by atoms with Gasteiger partial charge in [-0.25, -0.2) is 4.68 Å². The fourth-order valence-electron chi connectivity index (χ4n) is 2.84. The predicted octanol–water partition coefficient (Wildman–Crippen LogP) is 1.94. The van der Waals surface area contributed by atoms with Crippen LogP contribution in [0.3, 0.4) is 0 Å². The number of rotatable bonds is 7. The summed E-state index contributed by atoms with van der Waals surface area (Å²) in [5, 5.41) is 11.6. The highest BCUT2D eigenvalue weighted by Gasteiger charge is 2.14. The maximum atomic E-state index is 12.6. The summed E-state index contributed by atoms with van der Waals surface area (Å²) in [6.07, 6.45) is 0.939. The Balaban J connectivity index is 1.67. The summed E-state index contributed by atoms with van der Waals surface area (Å²) < 4.78 is 6.43. The molecule has 0 spiro atoms. The zero-order valence-corrected chi connectivity index (χ0v) is 15.4. The molecule has 140 valence electrons. The molecule has 1 aromatic heterocycles. The Labute approximate surface area is 157 Å². The van der Waals surface area contributed by atoms with Gasteiger partial charge in [-0.3, -0.25) is 9.59 Å². The minimum Gasteiger partial charge on any atom is -0.497 e. The Morgan fingerprint density at radius 2 is 1.93 bits per heavy atom. The molecule has 0 aliphatic rings. The van der Waals surface area contributed by atoms with Crippen molar-refractivity contribution >= 4 is 16.8 Å². The van der Waals surface area contributed by atoms with Gasteiger partial charge in [-0.1, -0.05) is 36.4 Å². The molecule has 0 saturated carbocycles. The van der Waals surface area contributed by atoms with Crippen molar-refractivity contribution in [3.05, 3.63) is 64.4 Å². The van der Waals surface area contributed by atoms with Gasteiger partial charge >= 0.3 is 0 Å². The predicted molar refractivity (Wildman–Crippen MR) is 103 cm³/mol. The molecule has 2 aromatic carbocycles. The second kappa shape index (κ2) is 8.44. The number of carbonyl (C=O) groups is 1. The van der Waals surface area contributed by atoms with Crippen LogP contribution in [-0.4, -0.2) is 34.1 Å². The molecule has 7 nitrogen and oxygen atoms in total. The number of methoxy groups -OCH3 is 1. The average Bonchev–Trinajstić information content (AvgIpc) is 2.70. The van der Waals surface area contributed by atoms with Crippen molar-refractivity contribution in [2.75, 3.05) is 7.11 Å². The van der Waals surface area contributed by atoms with Gasteiger partial charge in [-0.2, -0.15) is 0 Å². The zero-order chi connectivity index (χ0) is 19.2. The van der Waals surface area contributed by atoms with Gasteiger partial charge in [0.2, 0.25) is 5.91 Å². The maximum Gasteiger partial charge on any atom is 0.277 e. The summed E-state index contributed by atoms with van der Waals surface area (Å²) in [6, 6.07) is 14.3. The second-order valence-electron chi connectivity index (χ2n) is 6.29. The molecule has 0 saturated heterocycles. The van der Waals surface area contributed by atoms with Crippen molar-refractivity contribution in [3.63, 3.8) is 0 Å². The van der Waals surface area contributed by atoms with E-state index in [2.05, 4.69) is 15.6 Å². The summed E-state index contributed by atoms with van der Waals surface area (Å²) in [6.45, 7) is 2.24. The number of fused-ring (bicyclic) bond motifs is 1. The summed E-state index contributed by atoms with van der Waals surface area (Å²) in [7, 11) is 1.60. The van der Waals surface area contributed by atoms with Crippen molar-refractivity contribution in [2.24, 2.45) is 0 Å². The Morgan fingerprint density at radius 1 is 1.19 bits per heavy atom. The molecule has 0 aliphatic carbocycles. The zero-order valence-electron chi connectivity index (χ0n) is 15.4. The number of amides is 1. The van der Waals surface area contributed by atoms with Gasteiger partial charge in [0, 0.05) is 6.04 Å². The average molecular weight is 366 g/mol. The molecular formula is C20H22N4O3. The summed E-state index contributed by atoms with van der Waals surface area (Å²) in [4.78, 5) is 24.9. The van der Waals surface area contributed by atoms with Crippen LogP contribution in [0.5, 0.6) is 5.75 Å². The molecule has 0 radical (unpaired) electrons. The number of aromatic nitrogens is 3. The minimum absolute atomic E-state index is 0.103. The van der Waals surface area contributed by atoms with Gasteiger partial charge in [0.15, 0.2) is 0 Å². The van der Waals surface area contributed by atoms with Crippen LogP contribution in [0.4, 0.5) is 0 Å². The molecule has 7 heteroatoms. The van der Waals surface area contributed by atoms with Crippen LogP contribution in [0.2, 0.25) is 0 Å². The quantitative estimate of drug-likeness (QED) is 0.691. The minimum atomic E-state index is -0.205. The Morgan fingerprint density at radius 3 is 2.63 bits per heavy atom. The molecule has 1 atom stereocenters. The highest BCUT2D eigenvalue weighted by Crippen LogP contribution is 2.12. The lowest BCUT2D eigenvalue weighted by molar-refractivity contribution is -0.121. The third-order valence-corrected chi connectivity index (χ3v) is 4.40. The SMILES string of the molecule is CC[C@@H](Cn1nnc2ccccc2c1=O)NC(=O)Cc1ccc(OC)cc1. The number of hydrogen-bond donors (Lipinski definition) is 1. The molecule has 1 amide bonds. The number of carbonyl (C=O) groups excluding carboxylic acids is 1. The monoisotopic (exact) mass is 366 g/mol. The van der Waals surface area contributed by atoms with E-state index in [9.17, 15) is 9.59 Å². The molecule has 27 heavy (non-hydrogen) atoms. The summed E-state index contributed by atoms with van der Waals surface area (Å²) >= 11 is 0. The van der Waals surface area contributed by atoms with E-state index in [0.717, 1.165) is 11.3 Å². The summed E-state index contributed by atoms with van der Waals surface area (Å²) in [5.74, 6) is 0.647. The molecule has 3 rings (SSSR count). The molecule has 0 bridgehead atoms. The van der Waals surface area contributed by atoms with Crippen LogP contribution in [0.15, 0.2) is 53.3 Å². The number of hydrogen-bond acceptors (Lipinski definition) is 5. The molecule has 0 unspecified atom stereocenters. The second-order valence-corrected chi connectivity index (χ2v) is 6.29. The van der Waals surface area contributed by atoms with E-state index in [1.165, 1.54) is 4.68 Å². The topological polar surface area (TPSA) is 86.1 Å². The number of benzene rings is 2. The van der Waals surface area contributed by atoms with Gasteiger partial charge in [0.05, 0.1) is 25.5 Å². The molecule has 0 aliphatic heterocycles. The largest absolute Gasteiger partial charge is 0.497 e. The van der Waals surface area contributed by atoms with Crippen LogP contribution in [0.1, 0.15) is 18.9 Å². The van der Waals surface area contributed by atoms with Gasteiger partial charge in [-0.05, 0) is 36.2 Å². The standard InChI is InChI=1S/C20H22N4O3/c1-3-15(21-19(25)12-14-8-10-16(27-2)11-9-14)13-24-20(26)17-6-4-5-7-18(17)22-23-24/h4-11,15H,3,12-13H2,1-2H3,(H,21,25)/t15-/m0/s1. The first kappa shape index (κ1) is 18.6. The Hall–Kier alpha value is -3.22. The first-order valence-corrected chi connectivity index (χ1v) is 8.85. The lowest BCUT2D eigenvalue weighted by atomic mass is 10.1. The van der Waals surface area contributed by atoms with E-state index >= 15 is 0 Å². The van der Waals surface area contributed by atoms with Crippen molar-refractivity contribution in [3.8, 4) is 5.75 Å². The van der Waals surface area contributed by atoms with Crippen molar-refractivity contribution < 1.29 is 9.53 Å². The molecule has 1 N–H and O–H groups in total. The number of nitrogens with zero attached hydrogens (tertiary/aromatic N) is 3. The van der Waals surface area contributed by atoms with E-state index in [4.69, 9.17) is 4.74 Å². The smallest absolute Gasteiger partial charge is 0.277 e. The lowest BCUT2D eigenvalue weighted by Gasteiger charge is -2.17. The third-order valence-electron chi connectivity index (χ3n) is 4.40. The van der Waals surface area contributed by atoms with Gasteiger partial charge in [-0.15, -0.1) is 5.10 Å². The van der Waals surface area contributed by atoms with E-state index in [0.29, 0.717) is 17.3 Å². The summed E-state index contributed by atoms with van der Waals surface area (Å²) in [5.41, 5.74) is 1.25. The lowest BCUT2D eigenvalue weighted by Crippen LogP contribution is -2.41. The van der Waals surface area contributed by atoms with Crippen molar-refractivity contribution in [1.29, 1.82) is 0 Å². The molecule has 1 heterocycles.